The summed E-state index contributed by atoms with van der Waals surface area (Å²) in [5.74, 6) is 0. The molecular formula is C28H37ClN4O2. The second-order valence-corrected chi connectivity index (χ2v) is 10.1. The molecular weight excluding hydrogens is 460 g/mol. The highest BCUT2D eigenvalue weighted by atomic mass is 35.5. The molecule has 1 fully saturated rings. The number of hydrogen-bond acceptors (Lipinski definition) is 4. The fraction of sp³-hybridized carbons (Fsp3) is 0.500. The molecule has 35 heavy (non-hydrogen) atoms. The van der Waals surface area contributed by atoms with Crippen LogP contribution in [0.2, 0.25) is 5.02 Å². The molecule has 0 bridgehead atoms. The Morgan fingerprint density at radius 3 is 2.26 bits per heavy atom. The van der Waals surface area contributed by atoms with E-state index in [-0.39, 0.29) is 11.2 Å². The Morgan fingerprint density at radius 2 is 1.54 bits per heavy atom. The largest absolute Gasteiger partial charge is 0.368 e. The van der Waals surface area contributed by atoms with E-state index in [4.69, 9.17) is 11.6 Å². The number of unbranched alkanes of at least 4 members (excludes halogenated alkanes) is 5. The summed E-state index contributed by atoms with van der Waals surface area (Å²) in [5.41, 5.74) is 2.01. The second kappa shape index (κ2) is 11.9. The zero-order valence-electron chi connectivity index (χ0n) is 21.0. The summed E-state index contributed by atoms with van der Waals surface area (Å²) in [4.78, 5) is 32.0. The number of rotatable bonds is 10. The number of fused-ring (bicyclic) bond motifs is 1. The van der Waals surface area contributed by atoms with Crippen molar-refractivity contribution in [1.82, 2.24) is 14.0 Å². The number of aromatic nitrogens is 2. The number of halogens is 1. The van der Waals surface area contributed by atoms with E-state index in [2.05, 4.69) is 23.8 Å². The molecule has 0 unspecified atom stereocenters. The molecule has 6 nitrogen and oxygen atoms in total. The van der Waals surface area contributed by atoms with Crippen LogP contribution in [-0.2, 0) is 13.1 Å². The van der Waals surface area contributed by atoms with Gasteiger partial charge < -0.3 is 9.80 Å². The molecule has 1 aromatic heterocycles. The number of piperazine rings is 1. The molecule has 7 heteroatoms. The SMILES string of the molecule is CCCCCCCCn1c(=O)c2c(N3CCN(C)CC3)cc(Cl)cc2n(Cc2ccccc2)c1=O. The van der Waals surface area contributed by atoms with Crippen LogP contribution in [0.4, 0.5) is 5.69 Å². The van der Waals surface area contributed by atoms with E-state index in [0.29, 0.717) is 29.0 Å². The maximum atomic E-state index is 13.8. The lowest BCUT2D eigenvalue weighted by Crippen LogP contribution is -2.46. The molecule has 0 amide bonds. The minimum absolute atomic E-state index is 0.200. The molecule has 1 aliphatic heterocycles. The highest BCUT2D eigenvalue weighted by Crippen LogP contribution is 2.29. The topological polar surface area (TPSA) is 50.5 Å². The zero-order chi connectivity index (χ0) is 24.8. The van der Waals surface area contributed by atoms with Gasteiger partial charge in [-0.15, -0.1) is 0 Å². The third-order valence-electron chi connectivity index (χ3n) is 7.04. The molecule has 4 rings (SSSR count). The van der Waals surface area contributed by atoms with Crippen molar-refractivity contribution >= 4 is 28.2 Å². The molecule has 2 aromatic carbocycles. The maximum Gasteiger partial charge on any atom is 0.331 e. The van der Waals surface area contributed by atoms with Gasteiger partial charge in [0.05, 0.1) is 23.1 Å². The van der Waals surface area contributed by atoms with Crippen LogP contribution >= 0.6 is 11.6 Å². The van der Waals surface area contributed by atoms with E-state index in [9.17, 15) is 9.59 Å². The Morgan fingerprint density at radius 1 is 0.857 bits per heavy atom. The van der Waals surface area contributed by atoms with Crippen molar-refractivity contribution in [3.63, 3.8) is 0 Å². The molecule has 188 valence electrons. The molecule has 0 saturated carbocycles. The van der Waals surface area contributed by atoms with E-state index in [0.717, 1.165) is 56.7 Å². The predicted octanol–water partition coefficient (Wildman–Crippen LogP) is 4.98. The average molecular weight is 497 g/mol. The van der Waals surface area contributed by atoms with Crippen molar-refractivity contribution in [1.29, 1.82) is 0 Å². The Kier molecular flexibility index (Phi) is 8.69. The minimum Gasteiger partial charge on any atom is -0.368 e. The van der Waals surface area contributed by atoms with Crippen LogP contribution in [-0.4, -0.2) is 47.3 Å². The van der Waals surface area contributed by atoms with Gasteiger partial charge in [0.15, 0.2) is 0 Å². The van der Waals surface area contributed by atoms with Crippen LogP contribution in [0, 0.1) is 0 Å². The van der Waals surface area contributed by atoms with E-state index >= 15 is 0 Å². The first kappa shape index (κ1) is 25.5. The van der Waals surface area contributed by atoms with Crippen LogP contribution in [0.15, 0.2) is 52.1 Å². The van der Waals surface area contributed by atoms with E-state index in [1.807, 2.05) is 36.4 Å². The van der Waals surface area contributed by atoms with Crippen molar-refractivity contribution < 1.29 is 0 Å². The lowest BCUT2D eigenvalue weighted by molar-refractivity contribution is 0.313. The first-order chi connectivity index (χ1) is 17.0. The monoisotopic (exact) mass is 496 g/mol. The van der Waals surface area contributed by atoms with Crippen LogP contribution in [0.3, 0.4) is 0 Å². The second-order valence-electron chi connectivity index (χ2n) is 9.69. The van der Waals surface area contributed by atoms with Gasteiger partial charge in [0, 0.05) is 37.7 Å². The first-order valence-electron chi connectivity index (χ1n) is 12.9. The molecule has 1 aliphatic rings. The van der Waals surface area contributed by atoms with Gasteiger partial charge in [-0.3, -0.25) is 13.9 Å². The van der Waals surface area contributed by atoms with E-state index in [1.165, 1.54) is 23.8 Å². The van der Waals surface area contributed by atoms with Crippen molar-refractivity contribution in [2.45, 2.75) is 58.5 Å². The maximum absolute atomic E-state index is 13.8. The lowest BCUT2D eigenvalue weighted by atomic mass is 10.1. The molecule has 0 atom stereocenters. The number of benzene rings is 2. The Bertz CT molecular complexity index is 1240. The summed E-state index contributed by atoms with van der Waals surface area (Å²) in [5, 5.41) is 1.14. The zero-order valence-corrected chi connectivity index (χ0v) is 21.8. The summed E-state index contributed by atoms with van der Waals surface area (Å²) < 4.78 is 3.19. The van der Waals surface area contributed by atoms with Crippen LogP contribution in [0.1, 0.15) is 51.0 Å². The highest BCUT2D eigenvalue weighted by Gasteiger charge is 2.22. The summed E-state index contributed by atoms with van der Waals surface area (Å²) >= 11 is 6.57. The minimum atomic E-state index is -0.258. The van der Waals surface area contributed by atoms with Gasteiger partial charge in [-0.1, -0.05) is 81.0 Å². The van der Waals surface area contributed by atoms with Gasteiger partial charge in [0.25, 0.3) is 5.56 Å². The van der Waals surface area contributed by atoms with Gasteiger partial charge in [-0.25, -0.2) is 4.79 Å². The lowest BCUT2D eigenvalue weighted by Gasteiger charge is -2.34. The van der Waals surface area contributed by atoms with E-state index < -0.39 is 0 Å². The third kappa shape index (κ3) is 5.99. The summed E-state index contributed by atoms with van der Waals surface area (Å²) in [6.45, 7) is 6.53. The molecule has 3 aromatic rings. The smallest absolute Gasteiger partial charge is 0.331 e. The van der Waals surface area contributed by atoms with Crippen LogP contribution in [0.25, 0.3) is 10.9 Å². The van der Waals surface area contributed by atoms with Gasteiger partial charge >= 0.3 is 5.69 Å². The van der Waals surface area contributed by atoms with Crippen LogP contribution < -0.4 is 16.1 Å². The highest BCUT2D eigenvalue weighted by molar-refractivity contribution is 6.31. The number of nitrogens with zero attached hydrogens (tertiary/aromatic N) is 4. The number of hydrogen-bond donors (Lipinski definition) is 0. The summed E-state index contributed by atoms with van der Waals surface area (Å²) in [6, 6.07) is 13.6. The Labute approximate surface area is 212 Å². The molecule has 1 saturated heterocycles. The first-order valence-corrected chi connectivity index (χ1v) is 13.3. The third-order valence-corrected chi connectivity index (χ3v) is 7.25. The Hall–Kier alpha value is -2.57. The van der Waals surface area contributed by atoms with Crippen molar-refractivity contribution in [3.8, 4) is 0 Å². The van der Waals surface area contributed by atoms with E-state index in [1.54, 1.807) is 10.6 Å². The fourth-order valence-corrected chi connectivity index (χ4v) is 5.15. The quantitative estimate of drug-likeness (QED) is 0.371. The average Bonchev–Trinajstić information content (AvgIpc) is 2.86. The number of likely N-dealkylation sites (N-methyl/N-ethyl adjacent to an activating group) is 1. The van der Waals surface area contributed by atoms with Gasteiger partial charge in [-0.05, 0) is 31.2 Å². The van der Waals surface area contributed by atoms with Gasteiger partial charge in [0.2, 0.25) is 0 Å². The molecule has 0 radical (unpaired) electrons. The molecule has 0 spiro atoms. The molecule has 2 heterocycles. The predicted molar refractivity (Wildman–Crippen MR) is 146 cm³/mol. The summed E-state index contributed by atoms with van der Waals surface area (Å²) in [6.07, 6.45) is 6.62. The Balaban J connectivity index is 1.80. The van der Waals surface area contributed by atoms with Gasteiger partial charge in [0.1, 0.15) is 0 Å². The van der Waals surface area contributed by atoms with Gasteiger partial charge in [-0.2, -0.15) is 0 Å². The van der Waals surface area contributed by atoms with Crippen LogP contribution in [0.5, 0.6) is 0 Å². The molecule has 0 N–H and O–H groups in total. The normalized spacial score (nSPS) is 14.7. The fourth-order valence-electron chi connectivity index (χ4n) is 4.94. The summed E-state index contributed by atoms with van der Waals surface area (Å²) in [7, 11) is 2.11. The van der Waals surface area contributed by atoms with Crippen molar-refractivity contribution in [2.75, 3.05) is 38.1 Å². The van der Waals surface area contributed by atoms with Crippen molar-refractivity contribution in [2.24, 2.45) is 0 Å². The standard InChI is InChI=1S/C28H37ClN4O2/c1-3-4-5-6-7-11-14-32-27(34)26-24(31-17-15-30(2)16-18-31)19-23(29)20-25(26)33(28(32)35)21-22-12-9-8-10-13-22/h8-10,12-13,19-20H,3-7,11,14-18,21H2,1-2H3. The molecule has 0 aliphatic carbocycles. The van der Waals surface area contributed by atoms with Crippen molar-refractivity contribution in [3.05, 3.63) is 73.9 Å². The number of anilines is 1.